The number of nitrogens with zero attached hydrogens (tertiary/aromatic N) is 3. The number of carbonyl (C=O) groups excluding carboxylic acids is 1. The van der Waals surface area contributed by atoms with E-state index in [0.29, 0.717) is 36.3 Å². The average Bonchev–Trinajstić information content (AvgIpc) is 3.10. The van der Waals surface area contributed by atoms with Crippen LogP contribution < -0.4 is 9.80 Å². The van der Waals surface area contributed by atoms with Crippen LogP contribution in [0.2, 0.25) is 0 Å². The number of halogens is 1. The highest BCUT2D eigenvalue weighted by Crippen LogP contribution is 2.37. The Balaban J connectivity index is 1.61. The molecule has 0 spiro atoms. The maximum Gasteiger partial charge on any atom is 0.244 e. The van der Waals surface area contributed by atoms with Gasteiger partial charge in [-0.3, -0.25) is 4.79 Å². The summed E-state index contributed by atoms with van der Waals surface area (Å²) < 4.78 is 29.1. The van der Waals surface area contributed by atoms with Crippen molar-refractivity contribution < 1.29 is 13.2 Å². The second-order valence-electron chi connectivity index (χ2n) is 8.08. The molecule has 0 saturated carbocycles. The van der Waals surface area contributed by atoms with Gasteiger partial charge in [0.15, 0.2) is 0 Å². The van der Waals surface area contributed by atoms with Crippen molar-refractivity contribution in [1.29, 1.82) is 0 Å². The first-order valence-corrected chi connectivity index (χ1v) is 12.4. The Morgan fingerprint density at radius 2 is 1.90 bits per heavy atom. The van der Waals surface area contributed by atoms with E-state index in [4.69, 9.17) is 0 Å². The summed E-state index contributed by atoms with van der Waals surface area (Å²) >= 11 is 3.46. The van der Waals surface area contributed by atoms with Crippen molar-refractivity contribution >= 4 is 43.2 Å². The van der Waals surface area contributed by atoms with Crippen molar-refractivity contribution in [2.24, 2.45) is 0 Å². The first kappa shape index (κ1) is 21.3. The minimum Gasteiger partial charge on any atom is -0.366 e. The molecular weight excluding hydrogens is 466 g/mol. The monoisotopic (exact) mass is 491 g/mol. The van der Waals surface area contributed by atoms with Crippen LogP contribution in [0.4, 0.5) is 11.4 Å². The third-order valence-corrected chi connectivity index (χ3v) is 8.77. The van der Waals surface area contributed by atoms with Gasteiger partial charge in [0.2, 0.25) is 15.9 Å². The molecule has 1 fully saturated rings. The molecule has 2 aliphatic rings. The lowest BCUT2D eigenvalue weighted by Crippen LogP contribution is -2.53. The van der Waals surface area contributed by atoms with Gasteiger partial charge in [-0.05, 0) is 71.6 Å². The molecule has 0 radical (unpaired) electrons. The number of fused-ring (bicyclic) bond motifs is 1. The molecule has 0 aliphatic carbocycles. The van der Waals surface area contributed by atoms with Crippen LogP contribution in [0.3, 0.4) is 0 Å². The van der Waals surface area contributed by atoms with Crippen molar-refractivity contribution in [1.82, 2.24) is 4.31 Å². The van der Waals surface area contributed by atoms with Gasteiger partial charge < -0.3 is 9.80 Å². The van der Waals surface area contributed by atoms with Crippen LogP contribution in [0, 0.1) is 6.92 Å². The minimum atomic E-state index is -3.69. The Hall–Kier alpha value is -1.90. The number of benzene rings is 2. The van der Waals surface area contributed by atoms with Crippen LogP contribution in [0.5, 0.6) is 0 Å². The molecule has 1 unspecified atom stereocenters. The molecule has 1 amide bonds. The van der Waals surface area contributed by atoms with E-state index < -0.39 is 10.0 Å². The molecule has 2 aromatic rings. The van der Waals surface area contributed by atoms with Crippen LogP contribution in [-0.2, 0) is 21.2 Å². The first-order chi connectivity index (χ1) is 14.2. The van der Waals surface area contributed by atoms with Crippen LogP contribution in [0.25, 0.3) is 0 Å². The van der Waals surface area contributed by atoms with Gasteiger partial charge in [-0.25, -0.2) is 8.42 Å². The Bertz CT molecular complexity index is 1100. The molecule has 0 aromatic heterocycles. The molecule has 1 saturated heterocycles. The molecule has 2 heterocycles. The van der Waals surface area contributed by atoms with Crippen LogP contribution in [0.15, 0.2) is 45.8 Å². The quantitative estimate of drug-likeness (QED) is 0.658. The van der Waals surface area contributed by atoms with Gasteiger partial charge in [-0.2, -0.15) is 4.31 Å². The van der Waals surface area contributed by atoms with Gasteiger partial charge in [0, 0.05) is 55.0 Å². The van der Waals surface area contributed by atoms with E-state index in [1.807, 2.05) is 12.1 Å². The van der Waals surface area contributed by atoms with E-state index in [-0.39, 0.29) is 16.8 Å². The predicted octanol–water partition coefficient (Wildman–Crippen LogP) is 3.57. The SMILES string of the molecule is CC(=O)N1CCc2cc(Br)c(S(=O)(=O)N3CCN(c4cccc(C)c4)C(C)C3)cc21. The maximum atomic E-state index is 13.5. The molecular formula is C22H26BrN3O3S. The number of sulfonamides is 1. The van der Waals surface area contributed by atoms with E-state index in [0.717, 1.165) is 17.7 Å². The summed E-state index contributed by atoms with van der Waals surface area (Å²) in [5.74, 6) is -0.0696. The highest BCUT2D eigenvalue weighted by Gasteiger charge is 2.35. The second kappa shape index (κ2) is 7.98. The zero-order valence-corrected chi connectivity index (χ0v) is 19.8. The molecule has 2 aromatic carbocycles. The third-order valence-electron chi connectivity index (χ3n) is 5.95. The largest absolute Gasteiger partial charge is 0.366 e. The number of aryl methyl sites for hydroxylation is 1. The summed E-state index contributed by atoms with van der Waals surface area (Å²) in [6, 6.07) is 11.8. The molecule has 8 heteroatoms. The fourth-order valence-corrected chi connectivity index (χ4v) is 6.97. The molecule has 6 nitrogen and oxygen atoms in total. The first-order valence-electron chi connectivity index (χ1n) is 10.1. The summed E-state index contributed by atoms with van der Waals surface area (Å²) in [4.78, 5) is 16.1. The number of rotatable bonds is 3. The summed E-state index contributed by atoms with van der Waals surface area (Å²) in [6.07, 6.45) is 0.736. The van der Waals surface area contributed by atoms with Gasteiger partial charge in [-0.15, -0.1) is 0 Å². The summed E-state index contributed by atoms with van der Waals surface area (Å²) in [6.45, 7) is 7.68. The molecule has 4 rings (SSSR count). The molecule has 160 valence electrons. The lowest BCUT2D eigenvalue weighted by Gasteiger charge is -2.40. The summed E-state index contributed by atoms with van der Waals surface area (Å²) in [7, 11) is -3.69. The summed E-state index contributed by atoms with van der Waals surface area (Å²) in [5, 5.41) is 0. The Morgan fingerprint density at radius 3 is 2.57 bits per heavy atom. The minimum absolute atomic E-state index is 0.0530. The van der Waals surface area contributed by atoms with E-state index in [2.05, 4.69) is 52.9 Å². The number of anilines is 2. The fourth-order valence-electron chi connectivity index (χ4n) is 4.38. The van der Waals surface area contributed by atoms with Crippen molar-refractivity contribution in [3.05, 3.63) is 52.0 Å². The van der Waals surface area contributed by atoms with Gasteiger partial charge in [0.05, 0.1) is 4.90 Å². The normalized spacial score (nSPS) is 19.8. The van der Waals surface area contributed by atoms with Crippen LogP contribution >= 0.6 is 15.9 Å². The third kappa shape index (κ3) is 3.76. The van der Waals surface area contributed by atoms with Gasteiger partial charge >= 0.3 is 0 Å². The van der Waals surface area contributed by atoms with Gasteiger partial charge in [-0.1, -0.05) is 12.1 Å². The molecule has 2 aliphatic heterocycles. The van der Waals surface area contributed by atoms with Crippen molar-refractivity contribution in [2.45, 2.75) is 38.1 Å². The topological polar surface area (TPSA) is 60.9 Å². The number of amides is 1. The highest BCUT2D eigenvalue weighted by molar-refractivity contribution is 9.10. The van der Waals surface area contributed by atoms with E-state index in [9.17, 15) is 13.2 Å². The van der Waals surface area contributed by atoms with E-state index in [1.165, 1.54) is 12.5 Å². The molecule has 1 atom stereocenters. The number of hydrogen-bond acceptors (Lipinski definition) is 4. The highest BCUT2D eigenvalue weighted by atomic mass is 79.9. The summed E-state index contributed by atoms with van der Waals surface area (Å²) in [5.41, 5.74) is 4.01. The molecule has 0 bridgehead atoms. The van der Waals surface area contributed by atoms with Crippen molar-refractivity contribution in [2.75, 3.05) is 36.0 Å². The van der Waals surface area contributed by atoms with Crippen molar-refractivity contribution in [3.8, 4) is 0 Å². The van der Waals surface area contributed by atoms with Crippen LogP contribution in [-0.4, -0.2) is 50.9 Å². The zero-order valence-electron chi connectivity index (χ0n) is 17.4. The fraction of sp³-hybridized carbons (Fsp3) is 0.409. The Labute approximate surface area is 186 Å². The second-order valence-corrected chi connectivity index (χ2v) is 10.8. The predicted molar refractivity (Wildman–Crippen MR) is 123 cm³/mol. The van der Waals surface area contributed by atoms with E-state index >= 15 is 0 Å². The Kier molecular flexibility index (Phi) is 5.67. The van der Waals surface area contributed by atoms with Gasteiger partial charge in [0.1, 0.15) is 0 Å². The van der Waals surface area contributed by atoms with Crippen molar-refractivity contribution in [3.63, 3.8) is 0 Å². The number of piperazine rings is 1. The smallest absolute Gasteiger partial charge is 0.244 e. The average molecular weight is 492 g/mol. The van der Waals surface area contributed by atoms with Gasteiger partial charge in [0.25, 0.3) is 0 Å². The zero-order chi connectivity index (χ0) is 21.6. The lowest BCUT2D eigenvalue weighted by molar-refractivity contribution is -0.116. The van der Waals surface area contributed by atoms with Crippen LogP contribution in [0.1, 0.15) is 25.0 Å². The van der Waals surface area contributed by atoms with E-state index in [1.54, 1.807) is 15.3 Å². The lowest BCUT2D eigenvalue weighted by atomic mass is 10.1. The molecule has 30 heavy (non-hydrogen) atoms. The standard InChI is InChI=1S/C22H26BrN3O3S/c1-15-5-4-6-19(11-15)25-10-9-24(14-16(25)2)30(28,29)22-13-21-18(12-20(22)23)7-8-26(21)17(3)27/h4-6,11-13,16H,7-10,14H2,1-3H3. The maximum absolute atomic E-state index is 13.5. The number of hydrogen-bond donors (Lipinski definition) is 0. The number of carbonyl (C=O) groups is 1. The molecule has 0 N–H and O–H groups in total. The Morgan fingerprint density at radius 1 is 1.13 bits per heavy atom.